The number of halogens is 2. The number of rotatable bonds is 5. The number of anilines is 1. The van der Waals surface area contributed by atoms with E-state index in [9.17, 15) is 22.0 Å². The van der Waals surface area contributed by atoms with Crippen molar-refractivity contribution in [3.05, 3.63) is 24.3 Å². The van der Waals surface area contributed by atoms with Crippen LogP contribution >= 0.6 is 0 Å². The maximum atomic E-state index is 12.6. The number of hydrogen-bond acceptors (Lipinski definition) is 5. The van der Waals surface area contributed by atoms with Crippen molar-refractivity contribution in [1.82, 2.24) is 5.32 Å². The van der Waals surface area contributed by atoms with Gasteiger partial charge in [-0.05, 0) is 44.1 Å². The molecule has 1 aliphatic rings. The van der Waals surface area contributed by atoms with Gasteiger partial charge in [-0.3, -0.25) is 4.79 Å². The molecule has 0 aromatic heterocycles. The largest absolute Gasteiger partial charge is 0.368 e. The van der Waals surface area contributed by atoms with Crippen molar-refractivity contribution < 1.29 is 26.7 Å². The minimum atomic E-state index is -4.71. The summed E-state index contributed by atoms with van der Waals surface area (Å²) in [5, 5.41) is 5.67. The predicted molar refractivity (Wildman–Crippen MR) is 80.1 cm³/mol. The highest BCUT2D eigenvalue weighted by atomic mass is 32.2. The Morgan fingerprint density at radius 2 is 2.00 bits per heavy atom. The van der Waals surface area contributed by atoms with Crippen molar-refractivity contribution in [2.75, 3.05) is 25.5 Å². The zero-order chi connectivity index (χ0) is 17.1. The molecule has 1 heterocycles. The number of carbonyl (C=O) groups excluding carboxylic acids is 1. The average Bonchev–Trinajstić information content (AvgIpc) is 2.55. The monoisotopic (exact) mass is 348 g/mol. The van der Waals surface area contributed by atoms with Crippen molar-refractivity contribution in [3.63, 3.8) is 0 Å². The van der Waals surface area contributed by atoms with Gasteiger partial charge in [0, 0.05) is 12.8 Å². The Kier molecular flexibility index (Phi) is 5.33. The first kappa shape index (κ1) is 17.8. The first-order chi connectivity index (χ1) is 10.8. The van der Waals surface area contributed by atoms with Crippen LogP contribution in [0.3, 0.4) is 0 Å². The van der Waals surface area contributed by atoms with Crippen molar-refractivity contribution in [3.8, 4) is 0 Å². The van der Waals surface area contributed by atoms with Gasteiger partial charge in [-0.25, -0.2) is 8.42 Å². The Morgan fingerprint density at radius 1 is 1.35 bits per heavy atom. The molecule has 1 aromatic rings. The molecule has 1 saturated heterocycles. The van der Waals surface area contributed by atoms with E-state index in [2.05, 4.69) is 10.6 Å². The molecule has 1 amide bonds. The molecular weight excluding hydrogens is 330 g/mol. The second-order valence-corrected chi connectivity index (χ2v) is 7.15. The molecule has 0 aliphatic carbocycles. The third kappa shape index (κ3) is 3.67. The molecule has 0 atom stereocenters. The van der Waals surface area contributed by atoms with Crippen LogP contribution < -0.4 is 10.6 Å². The molecule has 2 N–H and O–H groups in total. The molecular formula is C14H18F2N2O4S. The molecule has 6 nitrogen and oxygen atoms in total. The van der Waals surface area contributed by atoms with E-state index in [1.165, 1.54) is 19.2 Å². The summed E-state index contributed by atoms with van der Waals surface area (Å²) in [6, 6.07) is 4.82. The smallest absolute Gasteiger partial charge is 0.341 e. The summed E-state index contributed by atoms with van der Waals surface area (Å²) in [5.41, 5.74) is -0.880. The Bertz CT molecular complexity index is 673. The van der Waals surface area contributed by atoms with Gasteiger partial charge >= 0.3 is 5.76 Å². The van der Waals surface area contributed by atoms with Gasteiger partial charge in [0.1, 0.15) is 5.60 Å². The van der Waals surface area contributed by atoms with E-state index in [1.54, 1.807) is 0 Å². The second kappa shape index (κ2) is 6.90. The maximum Gasteiger partial charge on any atom is 0.341 e. The van der Waals surface area contributed by atoms with Crippen LogP contribution in [0.4, 0.5) is 14.5 Å². The number of hydrogen-bond donors (Lipinski definition) is 2. The Hall–Kier alpha value is -1.58. The van der Waals surface area contributed by atoms with Gasteiger partial charge in [0.15, 0.2) is 0 Å². The number of carbonyl (C=O) groups is 1. The van der Waals surface area contributed by atoms with Gasteiger partial charge in [-0.15, -0.1) is 0 Å². The molecule has 1 aliphatic heterocycles. The van der Waals surface area contributed by atoms with E-state index < -0.39 is 32.0 Å². The van der Waals surface area contributed by atoms with Crippen molar-refractivity contribution in [2.24, 2.45) is 0 Å². The summed E-state index contributed by atoms with van der Waals surface area (Å²) in [4.78, 5) is 11.9. The standard InChI is InChI=1S/C14H18F2N2O4S/c1-22-14(5-7-17-8-6-14)12(19)18-10-3-2-4-11(9-10)23(20,21)13(15)16/h2-4,9,13,17H,5-8H2,1H3,(H,18,19). The van der Waals surface area contributed by atoms with Gasteiger partial charge in [0.25, 0.3) is 5.91 Å². The lowest BCUT2D eigenvalue weighted by Crippen LogP contribution is -2.51. The molecule has 9 heteroatoms. The van der Waals surface area contributed by atoms with E-state index in [4.69, 9.17) is 4.74 Å². The second-order valence-electron chi connectivity index (χ2n) is 5.24. The predicted octanol–water partition coefficient (Wildman–Crippen LogP) is 1.39. The SMILES string of the molecule is COC1(C(=O)Nc2cccc(S(=O)(=O)C(F)F)c2)CCNCC1. The first-order valence-corrected chi connectivity index (χ1v) is 8.56. The number of amides is 1. The van der Waals surface area contributed by atoms with E-state index >= 15 is 0 Å². The number of piperidine rings is 1. The van der Waals surface area contributed by atoms with Crippen LogP contribution in [0.2, 0.25) is 0 Å². The summed E-state index contributed by atoms with van der Waals surface area (Å²) >= 11 is 0. The van der Waals surface area contributed by atoms with Gasteiger partial charge in [-0.2, -0.15) is 8.78 Å². The number of ether oxygens (including phenoxy) is 1. The summed E-state index contributed by atoms with van der Waals surface area (Å²) < 4.78 is 53.5. The quantitative estimate of drug-likeness (QED) is 0.840. The van der Waals surface area contributed by atoms with Gasteiger partial charge in [0.05, 0.1) is 4.90 Å². The van der Waals surface area contributed by atoms with E-state index in [0.29, 0.717) is 25.9 Å². The summed E-state index contributed by atoms with van der Waals surface area (Å²) in [6.45, 7) is 1.22. The van der Waals surface area contributed by atoms with Gasteiger partial charge in [-0.1, -0.05) is 6.07 Å². The lowest BCUT2D eigenvalue weighted by molar-refractivity contribution is -0.140. The number of nitrogens with one attached hydrogen (secondary N) is 2. The molecule has 0 spiro atoms. The lowest BCUT2D eigenvalue weighted by atomic mass is 9.91. The van der Waals surface area contributed by atoms with Crippen LogP contribution in [0.15, 0.2) is 29.2 Å². The Balaban J connectivity index is 2.22. The van der Waals surface area contributed by atoms with Crippen molar-refractivity contribution in [2.45, 2.75) is 29.1 Å². The van der Waals surface area contributed by atoms with Crippen molar-refractivity contribution >= 4 is 21.4 Å². The zero-order valence-electron chi connectivity index (χ0n) is 12.5. The number of methoxy groups -OCH3 is 1. The van der Waals surface area contributed by atoms with Crippen LogP contribution in [0.25, 0.3) is 0 Å². The Labute approximate surface area is 133 Å². The highest BCUT2D eigenvalue weighted by Gasteiger charge is 2.39. The molecule has 1 aromatic carbocycles. The minimum Gasteiger partial charge on any atom is -0.368 e. The lowest BCUT2D eigenvalue weighted by Gasteiger charge is -2.34. The summed E-state index contributed by atoms with van der Waals surface area (Å²) in [5.74, 6) is -3.93. The molecule has 128 valence electrons. The van der Waals surface area contributed by atoms with Gasteiger partial charge < -0.3 is 15.4 Å². The number of alkyl halides is 2. The maximum absolute atomic E-state index is 12.6. The first-order valence-electron chi connectivity index (χ1n) is 7.01. The fourth-order valence-electron chi connectivity index (χ4n) is 2.45. The van der Waals surface area contributed by atoms with E-state index in [-0.39, 0.29) is 5.69 Å². The molecule has 0 bridgehead atoms. The topological polar surface area (TPSA) is 84.5 Å². The number of sulfone groups is 1. The van der Waals surface area contributed by atoms with E-state index in [0.717, 1.165) is 12.1 Å². The van der Waals surface area contributed by atoms with Gasteiger partial charge in [0.2, 0.25) is 9.84 Å². The normalized spacial score (nSPS) is 17.9. The molecule has 0 radical (unpaired) electrons. The van der Waals surface area contributed by atoms with Crippen molar-refractivity contribution in [1.29, 1.82) is 0 Å². The molecule has 1 fully saturated rings. The van der Waals surface area contributed by atoms with Crippen LogP contribution in [-0.2, 0) is 19.4 Å². The molecule has 23 heavy (non-hydrogen) atoms. The van der Waals surface area contributed by atoms with E-state index in [1.807, 2.05) is 0 Å². The van der Waals surface area contributed by atoms with Crippen LogP contribution in [0, 0.1) is 0 Å². The summed E-state index contributed by atoms with van der Waals surface area (Å²) in [7, 11) is -3.27. The number of benzene rings is 1. The minimum absolute atomic E-state index is 0.131. The Morgan fingerprint density at radius 3 is 2.57 bits per heavy atom. The average molecular weight is 348 g/mol. The highest BCUT2D eigenvalue weighted by Crippen LogP contribution is 2.26. The highest BCUT2D eigenvalue weighted by molar-refractivity contribution is 7.91. The van der Waals surface area contributed by atoms with Crippen LogP contribution in [0.1, 0.15) is 12.8 Å². The molecule has 0 saturated carbocycles. The third-order valence-corrected chi connectivity index (χ3v) is 5.25. The fraction of sp³-hybridized carbons (Fsp3) is 0.500. The summed E-state index contributed by atoms with van der Waals surface area (Å²) in [6.07, 6.45) is 0.925. The zero-order valence-corrected chi connectivity index (χ0v) is 13.3. The molecule has 2 rings (SSSR count). The fourth-order valence-corrected chi connectivity index (χ4v) is 3.22. The van der Waals surface area contributed by atoms with Crippen LogP contribution in [-0.4, -0.2) is 45.9 Å². The third-order valence-electron chi connectivity index (χ3n) is 3.87. The van der Waals surface area contributed by atoms with Crippen LogP contribution in [0.5, 0.6) is 0 Å². The molecule has 0 unspecified atom stereocenters.